The third kappa shape index (κ3) is 3.19. The summed E-state index contributed by atoms with van der Waals surface area (Å²) in [6.45, 7) is 0. The van der Waals surface area contributed by atoms with Crippen molar-refractivity contribution in [2.24, 2.45) is 5.73 Å². The van der Waals surface area contributed by atoms with Crippen LogP contribution in [0.3, 0.4) is 0 Å². The molecule has 0 atom stereocenters. The van der Waals surface area contributed by atoms with E-state index in [1.54, 1.807) is 0 Å². The lowest BCUT2D eigenvalue weighted by Crippen LogP contribution is -2.33. The molecule has 18 heavy (non-hydrogen) atoms. The Balaban J connectivity index is 2.03. The van der Waals surface area contributed by atoms with Crippen LogP contribution in [0.5, 0.6) is 12.0 Å². The monoisotopic (exact) mass is 253 g/mol. The summed E-state index contributed by atoms with van der Waals surface area (Å²) in [5.41, 5.74) is 5.87. The Kier molecular flexibility index (Phi) is 4.14. The second kappa shape index (κ2) is 5.81. The average Bonchev–Trinajstić information content (AvgIpc) is 2.41. The van der Waals surface area contributed by atoms with E-state index in [1.807, 2.05) is 0 Å². The van der Waals surface area contributed by atoms with Crippen LogP contribution in [0.15, 0.2) is 0 Å². The summed E-state index contributed by atoms with van der Waals surface area (Å²) in [6.07, 6.45) is 4.10. The summed E-state index contributed by atoms with van der Waals surface area (Å²) in [7, 11) is 3.02. The maximum atomic E-state index is 5.87. The van der Waals surface area contributed by atoms with E-state index in [0.29, 0.717) is 18.0 Å². The smallest absolute Gasteiger partial charge is 0.324 e. The molecule has 0 spiro atoms. The van der Waals surface area contributed by atoms with Crippen LogP contribution in [0.4, 0.5) is 5.95 Å². The van der Waals surface area contributed by atoms with E-state index in [-0.39, 0.29) is 12.0 Å². The predicted molar refractivity (Wildman–Crippen MR) is 66.8 cm³/mol. The molecule has 7 nitrogen and oxygen atoms in total. The van der Waals surface area contributed by atoms with E-state index in [0.717, 1.165) is 25.7 Å². The van der Waals surface area contributed by atoms with Gasteiger partial charge >= 0.3 is 12.0 Å². The van der Waals surface area contributed by atoms with Crippen LogP contribution in [0, 0.1) is 0 Å². The van der Waals surface area contributed by atoms with Gasteiger partial charge < -0.3 is 20.5 Å². The van der Waals surface area contributed by atoms with Crippen molar-refractivity contribution in [2.75, 3.05) is 19.5 Å². The fourth-order valence-electron chi connectivity index (χ4n) is 2.03. The molecule has 0 saturated heterocycles. The minimum atomic E-state index is 0.247. The topological polar surface area (TPSA) is 95.2 Å². The number of hydrogen-bond acceptors (Lipinski definition) is 7. The van der Waals surface area contributed by atoms with Gasteiger partial charge in [0.1, 0.15) is 0 Å². The van der Waals surface area contributed by atoms with Crippen molar-refractivity contribution in [3.63, 3.8) is 0 Å². The first-order valence-corrected chi connectivity index (χ1v) is 6.07. The largest absolute Gasteiger partial charge is 0.467 e. The standard InChI is InChI=1S/C11H19N5O2/c1-17-10-14-9(15-11(16-10)18-2)13-8-5-3-7(12)4-6-8/h7-8H,3-6,12H2,1-2H3,(H,13,14,15,16). The third-order valence-electron chi connectivity index (χ3n) is 3.06. The zero-order chi connectivity index (χ0) is 13.0. The average molecular weight is 253 g/mol. The Morgan fingerprint density at radius 3 is 2.06 bits per heavy atom. The minimum absolute atomic E-state index is 0.247. The first-order chi connectivity index (χ1) is 8.71. The van der Waals surface area contributed by atoms with Crippen LogP contribution in [-0.4, -0.2) is 41.3 Å². The van der Waals surface area contributed by atoms with Gasteiger partial charge in [0.2, 0.25) is 5.95 Å². The number of nitrogens with two attached hydrogens (primary N) is 1. The lowest BCUT2D eigenvalue weighted by molar-refractivity contribution is 0.340. The molecule has 1 aromatic heterocycles. The molecule has 3 N–H and O–H groups in total. The summed E-state index contributed by atoms with van der Waals surface area (Å²) in [6, 6.07) is 1.17. The Bertz CT molecular complexity index is 371. The van der Waals surface area contributed by atoms with Gasteiger partial charge in [-0.2, -0.15) is 9.97 Å². The summed E-state index contributed by atoms with van der Waals surface area (Å²) in [5.74, 6) is 0.485. The van der Waals surface area contributed by atoms with Crippen molar-refractivity contribution in [1.29, 1.82) is 0 Å². The van der Waals surface area contributed by atoms with Gasteiger partial charge in [-0.15, -0.1) is 4.98 Å². The fraction of sp³-hybridized carbons (Fsp3) is 0.727. The van der Waals surface area contributed by atoms with Crippen LogP contribution in [0.1, 0.15) is 25.7 Å². The van der Waals surface area contributed by atoms with Crippen molar-refractivity contribution < 1.29 is 9.47 Å². The Hall–Kier alpha value is -1.63. The van der Waals surface area contributed by atoms with E-state index in [1.165, 1.54) is 14.2 Å². The maximum Gasteiger partial charge on any atom is 0.324 e. The minimum Gasteiger partial charge on any atom is -0.467 e. The number of nitrogens with zero attached hydrogens (tertiary/aromatic N) is 3. The summed E-state index contributed by atoms with van der Waals surface area (Å²) in [4.78, 5) is 12.2. The first-order valence-electron chi connectivity index (χ1n) is 6.07. The zero-order valence-electron chi connectivity index (χ0n) is 10.7. The SMILES string of the molecule is COc1nc(NC2CCC(N)CC2)nc(OC)n1. The van der Waals surface area contributed by atoms with Crippen molar-refractivity contribution >= 4 is 5.95 Å². The number of methoxy groups -OCH3 is 2. The number of aromatic nitrogens is 3. The summed E-state index contributed by atoms with van der Waals surface area (Å²) < 4.78 is 10.0. The fourth-order valence-corrected chi connectivity index (χ4v) is 2.03. The number of nitrogens with one attached hydrogen (secondary N) is 1. The number of ether oxygens (including phenoxy) is 2. The van der Waals surface area contributed by atoms with Crippen LogP contribution < -0.4 is 20.5 Å². The first kappa shape index (κ1) is 12.8. The van der Waals surface area contributed by atoms with Crippen LogP contribution in [0.2, 0.25) is 0 Å². The predicted octanol–water partition coefficient (Wildman–Crippen LogP) is 0.571. The molecule has 1 heterocycles. The van der Waals surface area contributed by atoms with Gasteiger partial charge in [0, 0.05) is 12.1 Å². The van der Waals surface area contributed by atoms with Crippen LogP contribution >= 0.6 is 0 Å². The molecule has 2 rings (SSSR count). The highest BCUT2D eigenvalue weighted by atomic mass is 16.5. The molecule has 1 aromatic rings. The summed E-state index contributed by atoms with van der Waals surface area (Å²) >= 11 is 0. The molecular weight excluding hydrogens is 234 g/mol. The van der Waals surface area contributed by atoms with Crippen LogP contribution in [0.25, 0.3) is 0 Å². The van der Waals surface area contributed by atoms with Crippen molar-refractivity contribution in [2.45, 2.75) is 37.8 Å². The Labute approximate surface area is 106 Å². The third-order valence-corrected chi connectivity index (χ3v) is 3.06. The van der Waals surface area contributed by atoms with E-state index in [9.17, 15) is 0 Å². The number of anilines is 1. The molecule has 1 aliphatic rings. The molecule has 1 saturated carbocycles. The molecule has 0 aromatic carbocycles. The van der Waals surface area contributed by atoms with Gasteiger partial charge in [-0.05, 0) is 25.7 Å². The van der Waals surface area contributed by atoms with E-state index >= 15 is 0 Å². The van der Waals surface area contributed by atoms with Gasteiger partial charge in [-0.1, -0.05) is 0 Å². The molecule has 100 valence electrons. The van der Waals surface area contributed by atoms with Gasteiger partial charge in [-0.3, -0.25) is 0 Å². The second-order valence-electron chi connectivity index (χ2n) is 4.39. The molecule has 0 radical (unpaired) electrons. The van der Waals surface area contributed by atoms with Gasteiger partial charge in [-0.25, -0.2) is 0 Å². The van der Waals surface area contributed by atoms with Crippen LogP contribution in [-0.2, 0) is 0 Å². The zero-order valence-corrected chi connectivity index (χ0v) is 10.7. The molecule has 0 amide bonds. The maximum absolute atomic E-state index is 5.87. The highest BCUT2D eigenvalue weighted by molar-refractivity contribution is 5.29. The second-order valence-corrected chi connectivity index (χ2v) is 4.39. The number of rotatable bonds is 4. The molecule has 0 aliphatic heterocycles. The van der Waals surface area contributed by atoms with Crippen molar-refractivity contribution in [3.05, 3.63) is 0 Å². The van der Waals surface area contributed by atoms with Gasteiger partial charge in [0.25, 0.3) is 0 Å². The lowest BCUT2D eigenvalue weighted by atomic mass is 9.92. The Morgan fingerprint density at radius 1 is 1.00 bits per heavy atom. The lowest BCUT2D eigenvalue weighted by Gasteiger charge is -2.26. The van der Waals surface area contributed by atoms with Crippen molar-refractivity contribution in [3.8, 4) is 12.0 Å². The van der Waals surface area contributed by atoms with Gasteiger partial charge in [0.05, 0.1) is 14.2 Å². The van der Waals surface area contributed by atoms with Crippen molar-refractivity contribution in [1.82, 2.24) is 15.0 Å². The molecular formula is C11H19N5O2. The molecule has 0 unspecified atom stereocenters. The quantitative estimate of drug-likeness (QED) is 0.809. The normalized spacial score (nSPS) is 23.5. The highest BCUT2D eigenvalue weighted by Crippen LogP contribution is 2.21. The van der Waals surface area contributed by atoms with E-state index in [4.69, 9.17) is 15.2 Å². The summed E-state index contributed by atoms with van der Waals surface area (Å²) in [5, 5.41) is 3.27. The van der Waals surface area contributed by atoms with E-state index < -0.39 is 0 Å². The Morgan fingerprint density at radius 2 is 1.56 bits per heavy atom. The van der Waals surface area contributed by atoms with E-state index in [2.05, 4.69) is 20.3 Å². The molecule has 1 aliphatic carbocycles. The highest BCUT2D eigenvalue weighted by Gasteiger charge is 2.19. The van der Waals surface area contributed by atoms with Gasteiger partial charge in [0.15, 0.2) is 0 Å². The molecule has 1 fully saturated rings. The molecule has 0 bridgehead atoms. The molecule has 7 heteroatoms. The number of hydrogen-bond donors (Lipinski definition) is 2.